The molecule has 0 aromatic carbocycles. The predicted molar refractivity (Wildman–Crippen MR) is 67.9 cm³/mol. The maximum Gasteiger partial charge on any atom is 0.190 e. The number of epoxide rings is 1. The zero-order valence-electron chi connectivity index (χ0n) is 10.7. The minimum atomic E-state index is -0.497. The molecule has 0 N–H and O–H groups in total. The normalized spacial score (nSPS) is 30.9. The zero-order valence-corrected chi connectivity index (χ0v) is 12.1. The van der Waals surface area contributed by atoms with E-state index in [0.717, 1.165) is 32.8 Å². The van der Waals surface area contributed by atoms with Gasteiger partial charge in [-0.05, 0) is 32.6 Å². The molecule has 0 spiro atoms. The Morgan fingerprint density at radius 2 is 2.24 bits per heavy atom. The Bertz CT molecular complexity index is 205. The van der Waals surface area contributed by atoms with Crippen LogP contribution in [0.3, 0.4) is 0 Å². The zero-order chi connectivity index (χ0) is 11.9. The van der Waals surface area contributed by atoms with Crippen molar-refractivity contribution in [2.45, 2.75) is 50.5 Å². The summed E-state index contributed by atoms with van der Waals surface area (Å²) in [5.74, 6) is 0. The summed E-state index contributed by atoms with van der Waals surface area (Å²) in [7, 11) is -0.497. The van der Waals surface area contributed by atoms with E-state index in [2.05, 4.69) is 6.92 Å². The molecule has 17 heavy (non-hydrogen) atoms. The van der Waals surface area contributed by atoms with Crippen LogP contribution in [-0.2, 0) is 18.6 Å². The van der Waals surface area contributed by atoms with Gasteiger partial charge in [-0.3, -0.25) is 0 Å². The van der Waals surface area contributed by atoms with Crippen molar-refractivity contribution >= 4 is 9.76 Å². The molecular formula is C12H24O4Si. The van der Waals surface area contributed by atoms with Gasteiger partial charge < -0.3 is 18.6 Å². The summed E-state index contributed by atoms with van der Waals surface area (Å²) in [5, 5.41) is 0. The molecule has 0 aromatic heterocycles. The Kier molecular flexibility index (Phi) is 5.94. The van der Waals surface area contributed by atoms with Gasteiger partial charge in [0.2, 0.25) is 0 Å². The van der Waals surface area contributed by atoms with Crippen molar-refractivity contribution < 1.29 is 18.6 Å². The Morgan fingerprint density at radius 1 is 1.35 bits per heavy atom. The van der Waals surface area contributed by atoms with Gasteiger partial charge in [-0.1, -0.05) is 0 Å². The van der Waals surface area contributed by atoms with E-state index in [1.165, 1.54) is 19.3 Å². The Balaban J connectivity index is 1.41. The van der Waals surface area contributed by atoms with E-state index in [0.29, 0.717) is 11.8 Å². The molecule has 2 rings (SSSR count). The number of ether oxygens (including phenoxy) is 3. The average Bonchev–Trinajstić information content (AvgIpc) is 3.17. The molecule has 2 saturated heterocycles. The molecule has 3 unspecified atom stereocenters. The topological polar surface area (TPSA) is 40.2 Å². The molecule has 0 aliphatic carbocycles. The first-order chi connectivity index (χ1) is 8.34. The summed E-state index contributed by atoms with van der Waals surface area (Å²) in [5.41, 5.74) is 0.458. The third-order valence-corrected chi connectivity index (χ3v) is 4.76. The van der Waals surface area contributed by atoms with Crippen LogP contribution in [0.25, 0.3) is 0 Å². The fourth-order valence-corrected chi connectivity index (χ4v) is 3.24. The maximum atomic E-state index is 5.77. The quantitative estimate of drug-likeness (QED) is 0.368. The Labute approximate surface area is 106 Å². The van der Waals surface area contributed by atoms with E-state index in [1.807, 2.05) is 0 Å². The monoisotopic (exact) mass is 260 g/mol. The van der Waals surface area contributed by atoms with Gasteiger partial charge in [0.25, 0.3) is 0 Å². The molecule has 2 aliphatic rings. The standard InChI is InChI=1S/C12H24O4Si/c1-10(14-8-11-9-15-11)5-7-16-17-12-4-2-3-6-13-12/h10-12H,2-9,17H2,1H3. The van der Waals surface area contributed by atoms with Gasteiger partial charge >= 0.3 is 0 Å². The minimum Gasteiger partial charge on any atom is -0.421 e. The van der Waals surface area contributed by atoms with E-state index < -0.39 is 9.76 Å². The molecule has 4 nitrogen and oxygen atoms in total. The third-order valence-electron chi connectivity index (χ3n) is 3.22. The number of rotatable bonds is 8. The summed E-state index contributed by atoms with van der Waals surface area (Å²) in [6.07, 6.45) is 5.36. The van der Waals surface area contributed by atoms with Crippen molar-refractivity contribution in [3.8, 4) is 0 Å². The van der Waals surface area contributed by atoms with E-state index in [4.69, 9.17) is 18.6 Å². The van der Waals surface area contributed by atoms with Crippen LogP contribution in [0.15, 0.2) is 0 Å². The summed E-state index contributed by atoms with van der Waals surface area (Å²) in [6, 6.07) is 0. The van der Waals surface area contributed by atoms with Crippen LogP contribution in [0.1, 0.15) is 32.6 Å². The molecule has 0 radical (unpaired) electrons. The largest absolute Gasteiger partial charge is 0.421 e. The Hall–Kier alpha value is 0.0569. The van der Waals surface area contributed by atoms with Gasteiger partial charge in [0.05, 0.1) is 25.0 Å². The smallest absolute Gasteiger partial charge is 0.190 e. The van der Waals surface area contributed by atoms with Gasteiger partial charge in [-0.15, -0.1) is 0 Å². The van der Waals surface area contributed by atoms with Crippen molar-refractivity contribution in [2.75, 3.05) is 26.4 Å². The highest BCUT2D eigenvalue weighted by atomic mass is 28.2. The summed E-state index contributed by atoms with van der Waals surface area (Å²) in [4.78, 5) is 0. The fourth-order valence-electron chi connectivity index (χ4n) is 1.92. The lowest BCUT2D eigenvalue weighted by molar-refractivity contribution is 0.0347. The van der Waals surface area contributed by atoms with Crippen LogP contribution in [0.2, 0.25) is 0 Å². The van der Waals surface area contributed by atoms with E-state index in [1.54, 1.807) is 0 Å². The lowest BCUT2D eigenvalue weighted by Gasteiger charge is -2.22. The van der Waals surface area contributed by atoms with Gasteiger partial charge in [0.15, 0.2) is 9.76 Å². The second-order valence-corrected chi connectivity index (χ2v) is 6.60. The van der Waals surface area contributed by atoms with E-state index in [-0.39, 0.29) is 6.10 Å². The predicted octanol–water partition coefficient (Wildman–Crippen LogP) is 0.807. The first-order valence-electron chi connectivity index (χ1n) is 6.77. The van der Waals surface area contributed by atoms with E-state index in [9.17, 15) is 0 Å². The minimum absolute atomic E-state index is 0.278. The average molecular weight is 260 g/mol. The highest BCUT2D eigenvalue weighted by Gasteiger charge is 2.23. The second-order valence-electron chi connectivity index (χ2n) is 4.95. The summed E-state index contributed by atoms with van der Waals surface area (Å²) < 4.78 is 22.2. The first-order valence-corrected chi connectivity index (χ1v) is 8.16. The first kappa shape index (κ1) is 13.5. The molecule has 100 valence electrons. The van der Waals surface area contributed by atoms with Crippen LogP contribution < -0.4 is 0 Å². The molecule has 0 aromatic rings. The van der Waals surface area contributed by atoms with Gasteiger partial charge in [0, 0.05) is 13.2 Å². The van der Waals surface area contributed by atoms with Gasteiger partial charge in [-0.2, -0.15) is 0 Å². The molecule has 5 heteroatoms. The second kappa shape index (κ2) is 7.48. The number of hydrogen-bond acceptors (Lipinski definition) is 4. The van der Waals surface area contributed by atoms with Crippen molar-refractivity contribution in [2.24, 2.45) is 0 Å². The maximum absolute atomic E-state index is 5.77. The molecule has 2 aliphatic heterocycles. The molecule has 0 amide bonds. The van der Waals surface area contributed by atoms with Crippen LogP contribution >= 0.6 is 0 Å². The van der Waals surface area contributed by atoms with Gasteiger partial charge in [0.1, 0.15) is 6.10 Å². The highest BCUT2D eigenvalue weighted by Crippen LogP contribution is 2.12. The fraction of sp³-hybridized carbons (Fsp3) is 1.00. The van der Waals surface area contributed by atoms with Gasteiger partial charge in [-0.25, -0.2) is 0 Å². The van der Waals surface area contributed by atoms with Crippen molar-refractivity contribution in [1.29, 1.82) is 0 Å². The van der Waals surface area contributed by atoms with Crippen LogP contribution in [0.5, 0.6) is 0 Å². The SMILES string of the molecule is CC(CCO[SiH2]C1CCCCO1)OCC1CO1. The molecular weight excluding hydrogens is 236 g/mol. The summed E-state index contributed by atoms with van der Waals surface area (Å²) >= 11 is 0. The molecule has 0 bridgehead atoms. The lowest BCUT2D eigenvalue weighted by Crippen LogP contribution is -2.28. The van der Waals surface area contributed by atoms with E-state index >= 15 is 0 Å². The van der Waals surface area contributed by atoms with Crippen LogP contribution in [-0.4, -0.2) is 54.1 Å². The molecule has 2 heterocycles. The number of hydrogen-bond donors (Lipinski definition) is 0. The molecule has 0 saturated carbocycles. The summed E-state index contributed by atoms with van der Waals surface area (Å²) in [6.45, 7) is 5.46. The lowest BCUT2D eigenvalue weighted by atomic mass is 10.2. The highest BCUT2D eigenvalue weighted by molar-refractivity contribution is 6.29. The van der Waals surface area contributed by atoms with Crippen LogP contribution in [0, 0.1) is 0 Å². The molecule has 2 fully saturated rings. The van der Waals surface area contributed by atoms with Crippen molar-refractivity contribution in [3.05, 3.63) is 0 Å². The third kappa shape index (κ3) is 5.97. The molecule has 3 atom stereocenters. The van der Waals surface area contributed by atoms with Crippen LogP contribution in [0.4, 0.5) is 0 Å². The van der Waals surface area contributed by atoms with Crippen molar-refractivity contribution in [3.63, 3.8) is 0 Å². The Morgan fingerprint density at radius 3 is 2.94 bits per heavy atom. The van der Waals surface area contributed by atoms with Crippen molar-refractivity contribution in [1.82, 2.24) is 0 Å².